The highest BCUT2D eigenvalue weighted by atomic mass is 31.2. The molecule has 0 aliphatic carbocycles. The molecule has 2 atom stereocenters. The Morgan fingerprint density at radius 2 is 1.04 bits per heavy atom. The van der Waals surface area contributed by atoms with E-state index in [1.54, 1.807) is 0 Å². The normalized spacial score (nSPS) is 14.4. The lowest BCUT2D eigenvalue weighted by molar-refractivity contribution is -0.154. The Morgan fingerprint density at radius 1 is 0.574 bits per heavy atom. The Labute approximate surface area is 330 Å². The molecule has 0 bridgehead atoms. The summed E-state index contributed by atoms with van der Waals surface area (Å²) in [6.45, 7) is 4.68. The summed E-state index contributed by atoms with van der Waals surface area (Å²) in [6, 6.07) is 0. The molecule has 9 heteroatoms. The smallest absolute Gasteiger partial charge is 0.457 e. The van der Waals surface area contributed by atoms with E-state index in [1.807, 2.05) is 0 Å². The molecule has 0 rings (SSSR count). The molecule has 54 heavy (non-hydrogen) atoms. The van der Waals surface area contributed by atoms with Gasteiger partial charge in [0.1, 0.15) is 6.10 Å². The summed E-state index contributed by atoms with van der Waals surface area (Å²) in [4.78, 5) is 22.5. The second-order valence-corrected chi connectivity index (χ2v) is 14.9. The lowest BCUT2D eigenvalue weighted by Gasteiger charge is -2.20. The molecule has 0 radical (unpaired) electrons. The molecule has 0 aliphatic heterocycles. The van der Waals surface area contributed by atoms with Crippen LogP contribution in [-0.2, 0) is 27.9 Å². The highest BCUT2D eigenvalue weighted by Crippen LogP contribution is 2.43. The highest BCUT2D eigenvalue weighted by Gasteiger charge is 2.25. The molecule has 8 nitrogen and oxygen atoms in total. The molecule has 0 aliphatic rings. The van der Waals surface area contributed by atoms with Crippen LogP contribution in [0.1, 0.15) is 155 Å². The van der Waals surface area contributed by atoms with Crippen molar-refractivity contribution >= 4 is 13.8 Å². The van der Waals surface area contributed by atoms with Crippen LogP contribution >= 0.6 is 7.82 Å². The minimum absolute atomic E-state index is 0.0880. The highest BCUT2D eigenvalue weighted by molar-refractivity contribution is 7.47. The number of unbranched alkanes of at least 4 members (excludes halogenated alkanes) is 12. The molecule has 0 saturated carbocycles. The molecular formula is C45H78NO7P. The van der Waals surface area contributed by atoms with Crippen LogP contribution in [0.25, 0.3) is 0 Å². The summed E-state index contributed by atoms with van der Waals surface area (Å²) in [6.07, 6.45) is 53.1. The van der Waals surface area contributed by atoms with Crippen molar-refractivity contribution in [3.63, 3.8) is 0 Å². The summed E-state index contributed by atoms with van der Waals surface area (Å²) >= 11 is 0. The topological polar surface area (TPSA) is 117 Å². The number of ether oxygens (including phenoxy) is 2. The number of carbonyl (C=O) groups excluding carboxylic acids is 1. The Balaban J connectivity index is 4.17. The third kappa shape index (κ3) is 40.9. The summed E-state index contributed by atoms with van der Waals surface area (Å²) in [5.41, 5.74) is 5.36. The number of phosphoric ester groups is 1. The number of hydrogen-bond donors (Lipinski definition) is 2. The van der Waals surface area contributed by atoms with Crippen molar-refractivity contribution in [2.75, 3.05) is 33.0 Å². The fourth-order valence-electron chi connectivity index (χ4n) is 5.23. The van der Waals surface area contributed by atoms with E-state index in [0.717, 1.165) is 83.5 Å². The van der Waals surface area contributed by atoms with Gasteiger partial charge in [0.2, 0.25) is 0 Å². The molecule has 2 unspecified atom stereocenters. The van der Waals surface area contributed by atoms with Crippen LogP contribution in [0.3, 0.4) is 0 Å². The van der Waals surface area contributed by atoms with Crippen molar-refractivity contribution in [2.24, 2.45) is 5.73 Å². The standard InChI is InChI=1S/C45H78NO7P/c1-3-5-7-9-11-13-15-17-19-21-22-23-24-26-28-30-32-34-36-38-45(47)53-44(43-52-54(48,49)51-41-39-46)42-50-40-37-35-33-31-29-27-25-20-18-16-14-12-10-8-6-4-2/h5,7,11-14,17-20,22-23,26,28,44H,3-4,6,8-10,15-16,21,24-25,27,29-43,46H2,1-2H3,(H,48,49)/b7-5-,13-11-,14-12-,19-17-,20-18-,23-22-,28-26-. The number of carbonyl (C=O) groups is 1. The third-order valence-corrected chi connectivity index (χ3v) is 9.28. The number of rotatable bonds is 39. The third-order valence-electron chi connectivity index (χ3n) is 8.30. The lowest BCUT2D eigenvalue weighted by Crippen LogP contribution is -2.28. The van der Waals surface area contributed by atoms with Gasteiger partial charge in [0.15, 0.2) is 0 Å². The van der Waals surface area contributed by atoms with E-state index in [-0.39, 0.29) is 38.8 Å². The summed E-state index contributed by atoms with van der Waals surface area (Å²) < 4.78 is 33.4. The number of nitrogens with two attached hydrogens (primary N) is 1. The van der Waals surface area contributed by atoms with Gasteiger partial charge in [-0.25, -0.2) is 4.57 Å². The number of hydrogen-bond acceptors (Lipinski definition) is 7. The number of allylic oxidation sites excluding steroid dienone is 14. The maximum Gasteiger partial charge on any atom is 0.472 e. The van der Waals surface area contributed by atoms with Crippen LogP contribution < -0.4 is 5.73 Å². The molecule has 0 aromatic heterocycles. The van der Waals surface area contributed by atoms with E-state index in [0.29, 0.717) is 13.0 Å². The minimum atomic E-state index is -4.29. The molecule has 0 aromatic rings. The Bertz CT molecular complexity index is 1100. The Kier molecular flexibility index (Phi) is 40.0. The average Bonchev–Trinajstić information content (AvgIpc) is 3.16. The van der Waals surface area contributed by atoms with Crippen LogP contribution in [0.15, 0.2) is 85.1 Å². The zero-order chi connectivity index (χ0) is 39.5. The van der Waals surface area contributed by atoms with Crippen LogP contribution in [0.5, 0.6) is 0 Å². The molecule has 0 aromatic carbocycles. The van der Waals surface area contributed by atoms with Crippen LogP contribution in [0.4, 0.5) is 0 Å². The summed E-state index contributed by atoms with van der Waals surface area (Å²) in [5, 5.41) is 0. The van der Waals surface area contributed by atoms with Crippen LogP contribution in [0, 0.1) is 0 Å². The zero-order valence-electron chi connectivity index (χ0n) is 34.2. The maximum absolute atomic E-state index is 12.6. The van der Waals surface area contributed by atoms with Gasteiger partial charge in [-0.05, 0) is 89.9 Å². The molecular weight excluding hydrogens is 697 g/mol. The van der Waals surface area contributed by atoms with E-state index in [2.05, 4.69) is 98.9 Å². The number of phosphoric acid groups is 1. The molecule has 0 heterocycles. The van der Waals surface area contributed by atoms with Crippen molar-refractivity contribution in [1.82, 2.24) is 0 Å². The second kappa shape index (κ2) is 41.8. The number of esters is 1. The van der Waals surface area contributed by atoms with E-state index >= 15 is 0 Å². The van der Waals surface area contributed by atoms with Gasteiger partial charge in [-0.2, -0.15) is 0 Å². The van der Waals surface area contributed by atoms with Gasteiger partial charge in [0.05, 0.1) is 19.8 Å². The van der Waals surface area contributed by atoms with Gasteiger partial charge in [-0.3, -0.25) is 13.8 Å². The summed E-state index contributed by atoms with van der Waals surface area (Å²) in [5.74, 6) is -0.369. The monoisotopic (exact) mass is 776 g/mol. The average molecular weight is 776 g/mol. The Morgan fingerprint density at radius 3 is 1.56 bits per heavy atom. The second-order valence-electron chi connectivity index (χ2n) is 13.5. The molecule has 0 fully saturated rings. The van der Waals surface area contributed by atoms with E-state index in [4.69, 9.17) is 24.3 Å². The van der Waals surface area contributed by atoms with Gasteiger partial charge < -0.3 is 20.1 Å². The van der Waals surface area contributed by atoms with E-state index < -0.39 is 13.9 Å². The van der Waals surface area contributed by atoms with Crippen LogP contribution in [0.2, 0.25) is 0 Å². The fourth-order valence-corrected chi connectivity index (χ4v) is 5.99. The fraction of sp³-hybridized carbons (Fsp3) is 0.667. The van der Waals surface area contributed by atoms with Crippen molar-refractivity contribution in [2.45, 2.75) is 161 Å². The largest absolute Gasteiger partial charge is 0.472 e. The first-order valence-corrected chi connectivity index (χ1v) is 22.6. The lowest BCUT2D eigenvalue weighted by atomic mass is 10.1. The molecule has 0 amide bonds. The predicted octanol–water partition coefficient (Wildman–Crippen LogP) is 12.5. The first-order chi connectivity index (χ1) is 26.4. The molecule has 0 spiro atoms. The van der Waals surface area contributed by atoms with Gasteiger partial charge in [-0.1, -0.05) is 144 Å². The molecule has 3 N–H and O–H groups in total. The van der Waals surface area contributed by atoms with Gasteiger partial charge in [-0.15, -0.1) is 0 Å². The zero-order valence-corrected chi connectivity index (χ0v) is 35.1. The van der Waals surface area contributed by atoms with Crippen molar-refractivity contribution < 1.29 is 32.8 Å². The minimum Gasteiger partial charge on any atom is -0.457 e. The van der Waals surface area contributed by atoms with Crippen LogP contribution in [-0.4, -0.2) is 49.9 Å². The Hall–Kier alpha value is -2.32. The van der Waals surface area contributed by atoms with Gasteiger partial charge >= 0.3 is 13.8 Å². The van der Waals surface area contributed by atoms with Crippen molar-refractivity contribution in [1.29, 1.82) is 0 Å². The maximum atomic E-state index is 12.6. The summed E-state index contributed by atoms with van der Waals surface area (Å²) in [7, 11) is -4.29. The molecule has 310 valence electrons. The first kappa shape index (κ1) is 51.7. The van der Waals surface area contributed by atoms with Gasteiger partial charge in [0.25, 0.3) is 0 Å². The van der Waals surface area contributed by atoms with Gasteiger partial charge in [0, 0.05) is 19.6 Å². The molecule has 0 saturated heterocycles. The SMILES string of the molecule is CC/C=C\C/C=C\C/C=C\C/C=C\C/C=C\CCCCCC(=O)OC(COCCCCCCCC/C=C\C/C=C\CCCCC)COP(=O)(O)OCCN. The van der Waals surface area contributed by atoms with Crippen molar-refractivity contribution in [3.05, 3.63) is 85.1 Å². The quantitative estimate of drug-likeness (QED) is 0.0274. The predicted molar refractivity (Wildman–Crippen MR) is 228 cm³/mol. The van der Waals surface area contributed by atoms with Crippen molar-refractivity contribution in [3.8, 4) is 0 Å². The van der Waals surface area contributed by atoms with E-state index in [9.17, 15) is 14.3 Å². The first-order valence-electron chi connectivity index (χ1n) is 21.1. The van der Waals surface area contributed by atoms with E-state index in [1.165, 1.54) is 44.9 Å².